The number of carboxylic acid groups (broad SMARTS) is 1. The van der Waals surface area contributed by atoms with Crippen molar-refractivity contribution >= 4 is 16.0 Å². The van der Waals surface area contributed by atoms with E-state index in [0.717, 1.165) is 12.1 Å². The molecule has 0 radical (unpaired) electrons. The van der Waals surface area contributed by atoms with Gasteiger partial charge in [0.05, 0.1) is 28.0 Å². The summed E-state index contributed by atoms with van der Waals surface area (Å²) in [5.41, 5.74) is -1.97. The van der Waals surface area contributed by atoms with Crippen molar-refractivity contribution in [2.75, 3.05) is 0 Å². The number of carbonyl (C=O) groups is 1. The minimum Gasteiger partial charge on any atom is -0.481 e. The lowest BCUT2D eigenvalue weighted by Crippen LogP contribution is -2.38. The highest BCUT2D eigenvalue weighted by Crippen LogP contribution is 2.33. The van der Waals surface area contributed by atoms with E-state index < -0.39 is 50.2 Å². The number of rotatable bonds is 4. The number of hydrogen-bond acceptors (Lipinski definition) is 4. The van der Waals surface area contributed by atoms with Gasteiger partial charge in [0, 0.05) is 6.04 Å². The second-order valence-corrected chi connectivity index (χ2v) is 7.54. The molecule has 2 rings (SSSR count). The van der Waals surface area contributed by atoms with Crippen molar-refractivity contribution < 1.29 is 31.5 Å². The second kappa shape index (κ2) is 7.01. The number of sulfonamides is 1. The van der Waals surface area contributed by atoms with Gasteiger partial charge in [-0.2, -0.15) is 18.4 Å². The van der Waals surface area contributed by atoms with E-state index in [1.165, 1.54) is 6.07 Å². The minimum atomic E-state index is -4.85. The highest BCUT2D eigenvalue weighted by Gasteiger charge is 2.35. The number of alkyl halides is 3. The van der Waals surface area contributed by atoms with Crippen molar-refractivity contribution in [3.63, 3.8) is 0 Å². The van der Waals surface area contributed by atoms with Crippen LogP contribution in [-0.4, -0.2) is 25.5 Å². The van der Waals surface area contributed by atoms with E-state index in [-0.39, 0.29) is 0 Å². The Hall–Kier alpha value is -2.12. The van der Waals surface area contributed by atoms with Crippen LogP contribution in [0, 0.1) is 17.2 Å². The van der Waals surface area contributed by atoms with Gasteiger partial charge in [-0.25, -0.2) is 13.1 Å². The van der Waals surface area contributed by atoms with E-state index in [4.69, 9.17) is 10.4 Å². The second-order valence-electron chi connectivity index (χ2n) is 5.83. The third kappa shape index (κ3) is 4.49. The Balaban J connectivity index is 2.21. The lowest BCUT2D eigenvalue weighted by Gasteiger charge is -2.26. The quantitative estimate of drug-likeness (QED) is 0.840. The first-order chi connectivity index (χ1) is 11.5. The van der Waals surface area contributed by atoms with Crippen LogP contribution in [0.15, 0.2) is 23.1 Å². The number of benzene rings is 1. The Morgan fingerprint density at radius 1 is 1.24 bits per heavy atom. The molecule has 1 aliphatic rings. The van der Waals surface area contributed by atoms with Crippen molar-refractivity contribution in [2.24, 2.45) is 5.92 Å². The van der Waals surface area contributed by atoms with E-state index in [1.54, 1.807) is 0 Å². The minimum absolute atomic E-state index is 0.290. The zero-order valence-electron chi connectivity index (χ0n) is 12.9. The summed E-state index contributed by atoms with van der Waals surface area (Å²) in [7, 11) is -4.21. The predicted octanol–water partition coefficient (Wildman–Crippen LogP) is 2.50. The summed E-state index contributed by atoms with van der Waals surface area (Å²) in [6, 6.07) is 3.05. The summed E-state index contributed by atoms with van der Waals surface area (Å²) in [6.45, 7) is 0. The van der Waals surface area contributed by atoms with Gasteiger partial charge in [0.15, 0.2) is 0 Å². The van der Waals surface area contributed by atoms with Crippen LogP contribution in [0.25, 0.3) is 0 Å². The number of nitrogens with one attached hydrogen (secondary N) is 1. The summed E-state index contributed by atoms with van der Waals surface area (Å²) in [5, 5.41) is 17.7. The van der Waals surface area contributed by atoms with Gasteiger partial charge >= 0.3 is 12.1 Å². The van der Waals surface area contributed by atoms with E-state index >= 15 is 0 Å². The number of nitrogens with zero attached hydrogens (tertiary/aromatic N) is 1. The van der Waals surface area contributed by atoms with Crippen LogP contribution in [0.2, 0.25) is 0 Å². The summed E-state index contributed by atoms with van der Waals surface area (Å²) in [5.74, 6) is -1.48. The van der Waals surface area contributed by atoms with E-state index in [9.17, 15) is 26.4 Å². The molecule has 0 spiro atoms. The zero-order valence-corrected chi connectivity index (χ0v) is 13.7. The van der Waals surface area contributed by atoms with Gasteiger partial charge in [-0.1, -0.05) is 0 Å². The summed E-state index contributed by atoms with van der Waals surface area (Å²) in [6.07, 6.45) is -3.68. The Morgan fingerprint density at radius 2 is 1.84 bits per heavy atom. The maximum Gasteiger partial charge on any atom is 0.417 e. The van der Waals surface area contributed by atoms with Crippen molar-refractivity contribution in [3.05, 3.63) is 29.3 Å². The van der Waals surface area contributed by atoms with Crippen LogP contribution in [-0.2, 0) is 21.0 Å². The molecule has 0 aromatic heterocycles. The van der Waals surface area contributed by atoms with Gasteiger partial charge in [0.25, 0.3) is 0 Å². The van der Waals surface area contributed by atoms with Crippen LogP contribution >= 0.6 is 0 Å². The molecule has 1 saturated carbocycles. The molecular formula is C15H15F3N2O4S. The topological polar surface area (TPSA) is 107 Å². The predicted molar refractivity (Wildman–Crippen MR) is 79.9 cm³/mol. The molecule has 0 amide bonds. The van der Waals surface area contributed by atoms with Crippen molar-refractivity contribution in [1.82, 2.24) is 4.72 Å². The molecule has 1 aliphatic carbocycles. The van der Waals surface area contributed by atoms with E-state index in [1.807, 2.05) is 0 Å². The molecule has 0 bridgehead atoms. The highest BCUT2D eigenvalue weighted by atomic mass is 32.2. The average molecular weight is 376 g/mol. The highest BCUT2D eigenvalue weighted by molar-refractivity contribution is 7.89. The molecule has 25 heavy (non-hydrogen) atoms. The van der Waals surface area contributed by atoms with Crippen LogP contribution in [0.4, 0.5) is 13.2 Å². The first-order valence-electron chi connectivity index (χ1n) is 7.41. The lowest BCUT2D eigenvalue weighted by molar-refractivity contribution is -0.143. The molecule has 0 unspecified atom stereocenters. The normalized spacial score (nSPS) is 21.5. The maximum absolute atomic E-state index is 13.0. The molecule has 1 fully saturated rings. The van der Waals surface area contributed by atoms with Gasteiger partial charge in [0.2, 0.25) is 10.0 Å². The monoisotopic (exact) mass is 376 g/mol. The average Bonchev–Trinajstić information content (AvgIpc) is 2.53. The number of aliphatic carboxylic acids is 1. The van der Waals surface area contributed by atoms with Crippen LogP contribution in [0.1, 0.15) is 36.8 Å². The number of halogens is 3. The van der Waals surface area contributed by atoms with Crippen LogP contribution in [0.3, 0.4) is 0 Å². The number of carboxylic acids is 1. The van der Waals surface area contributed by atoms with Crippen LogP contribution in [0.5, 0.6) is 0 Å². The number of nitriles is 1. The molecule has 0 heterocycles. The first-order valence-corrected chi connectivity index (χ1v) is 8.89. The van der Waals surface area contributed by atoms with Gasteiger partial charge in [-0.05, 0) is 43.9 Å². The smallest absolute Gasteiger partial charge is 0.417 e. The third-order valence-corrected chi connectivity index (χ3v) is 5.64. The molecule has 10 heteroatoms. The molecular weight excluding hydrogens is 361 g/mol. The SMILES string of the molecule is N#Cc1ccc(S(=O)(=O)NC2CCC(C(=O)O)CC2)cc1C(F)(F)F. The summed E-state index contributed by atoms with van der Waals surface area (Å²) >= 11 is 0. The Bertz CT molecular complexity index is 807. The fourth-order valence-electron chi connectivity index (χ4n) is 2.77. The lowest BCUT2D eigenvalue weighted by atomic mass is 9.87. The van der Waals surface area contributed by atoms with E-state index in [0.29, 0.717) is 31.7 Å². The fraction of sp³-hybridized carbons (Fsp3) is 0.467. The van der Waals surface area contributed by atoms with Gasteiger partial charge in [-0.3, -0.25) is 4.79 Å². The molecule has 2 N–H and O–H groups in total. The first kappa shape index (κ1) is 19.2. The maximum atomic E-state index is 13.0. The third-order valence-electron chi connectivity index (χ3n) is 4.13. The Labute approximate surface area is 142 Å². The Kier molecular flexibility index (Phi) is 5.39. The molecule has 0 atom stereocenters. The molecule has 136 valence electrons. The number of hydrogen-bond donors (Lipinski definition) is 2. The van der Waals surface area contributed by atoms with Crippen molar-refractivity contribution in [2.45, 2.75) is 42.8 Å². The van der Waals surface area contributed by atoms with Crippen molar-refractivity contribution in [1.29, 1.82) is 5.26 Å². The zero-order chi connectivity index (χ0) is 18.8. The van der Waals surface area contributed by atoms with Gasteiger partial charge in [-0.15, -0.1) is 0 Å². The Morgan fingerprint density at radius 3 is 2.32 bits per heavy atom. The van der Waals surface area contributed by atoms with E-state index in [2.05, 4.69) is 4.72 Å². The fourth-order valence-corrected chi connectivity index (χ4v) is 4.10. The summed E-state index contributed by atoms with van der Waals surface area (Å²) in [4.78, 5) is 10.3. The molecule has 6 nitrogen and oxygen atoms in total. The molecule has 1 aromatic rings. The van der Waals surface area contributed by atoms with Gasteiger partial charge < -0.3 is 5.11 Å². The molecule has 0 aliphatic heterocycles. The van der Waals surface area contributed by atoms with Crippen LogP contribution < -0.4 is 4.72 Å². The van der Waals surface area contributed by atoms with Gasteiger partial charge in [0.1, 0.15) is 0 Å². The molecule has 0 saturated heterocycles. The largest absolute Gasteiger partial charge is 0.481 e. The molecule has 1 aromatic carbocycles. The summed E-state index contributed by atoms with van der Waals surface area (Å²) < 4.78 is 65.8. The standard InChI is InChI=1S/C15H15F3N2O4S/c16-15(17,18)13-7-12(6-3-10(13)8-19)25(23,24)20-11-4-1-9(2-5-11)14(21)22/h3,6-7,9,11,20H,1-2,4-5H2,(H,21,22). The van der Waals surface area contributed by atoms with Crippen molar-refractivity contribution in [3.8, 4) is 6.07 Å².